The van der Waals surface area contributed by atoms with Gasteiger partial charge in [-0.25, -0.2) is 4.79 Å². The fourth-order valence-corrected chi connectivity index (χ4v) is 1.96. The zero-order valence-corrected chi connectivity index (χ0v) is 11.8. The van der Waals surface area contributed by atoms with Gasteiger partial charge in [0, 0.05) is 17.5 Å². The summed E-state index contributed by atoms with van der Waals surface area (Å²) >= 11 is 0. The molecule has 0 spiro atoms. The van der Waals surface area contributed by atoms with Gasteiger partial charge in [-0.15, -0.1) is 0 Å². The minimum atomic E-state index is -0.631. The van der Waals surface area contributed by atoms with Crippen LogP contribution in [-0.4, -0.2) is 18.0 Å². The molecule has 1 aromatic carbocycles. The van der Waals surface area contributed by atoms with Crippen molar-refractivity contribution in [2.45, 2.75) is 26.3 Å². The molecule has 106 valence electrons. The highest BCUT2D eigenvalue weighted by atomic mass is 16.4. The van der Waals surface area contributed by atoms with Crippen LogP contribution in [0.1, 0.15) is 29.8 Å². The molecule has 0 saturated heterocycles. The van der Waals surface area contributed by atoms with Crippen molar-refractivity contribution in [1.82, 2.24) is 5.32 Å². The van der Waals surface area contributed by atoms with Gasteiger partial charge in [-0.2, -0.15) is 0 Å². The van der Waals surface area contributed by atoms with Gasteiger partial charge in [0.25, 0.3) is 5.91 Å². The Morgan fingerprint density at radius 2 is 2.00 bits per heavy atom. The van der Waals surface area contributed by atoms with Crippen LogP contribution in [0.5, 0.6) is 0 Å². The number of benzene rings is 1. The summed E-state index contributed by atoms with van der Waals surface area (Å²) in [6.45, 7) is 5.60. The van der Waals surface area contributed by atoms with Crippen molar-refractivity contribution >= 4 is 16.9 Å². The van der Waals surface area contributed by atoms with Gasteiger partial charge < -0.3 is 15.5 Å². The fraction of sp³-hybridized carbons (Fsp3) is 0.333. The number of amides is 1. The van der Waals surface area contributed by atoms with E-state index in [4.69, 9.17) is 10.2 Å². The highest BCUT2D eigenvalue weighted by Gasteiger charge is 2.20. The molecule has 5 nitrogen and oxygen atoms in total. The standard InChI is InChI=1S/C15H18N2O3/c1-9-10-6-4-5-7-11(10)20-14(19)12(9)13(18)17-8-15(2,3)16/h4-7H,8,16H2,1-3H3,(H,17,18). The van der Waals surface area contributed by atoms with E-state index in [0.717, 1.165) is 5.39 Å². The first kappa shape index (κ1) is 14.3. The molecule has 3 N–H and O–H groups in total. The molecule has 0 saturated carbocycles. The number of rotatable bonds is 3. The summed E-state index contributed by atoms with van der Waals surface area (Å²) < 4.78 is 5.18. The second kappa shape index (κ2) is 5.09. The normalized spacial score (nSPS) is 11.6. The van der Waals surface area contributed by atoms with Gasteiger partial charge in [-0.1, -0.05) is 18.2 Å². The van der Waals surface area contributed by atoms with Gasteiger partial charge >= 0.3 is 5.63 Å². The third-order valence-corrected chi connectivity index (χ3v) is 3.00. The minimum absolute atomic E-state index is 0.0351. The van der Waals surface area contributed by atoms with E-state index in [-0.39, 0.29) is 12.1 Å². The number of carbonyl (C=O) groups excluding carboxylic acids is 1. The molecule has 2 aromatic rings. The molecule has 0 fully saturated rings. The lowest BCUT2D eigenvalue weighted by Gasteiger charge is -2.19. The number of carbonyl (C=O) groups is 1. The Kier molecular flexibility index (Phi) is 3.63. The molecule has 0 unspecified atom stereocenters. The van der Waals surface area contributed by atoms with E-state index in [1.807, 2.05) is 12.1 Å². The van der Waals surface area contributed by atoms with E-state index in [2.05, 4.69) is 5.32 Å². The van der Waals surface area contributed by atoms with Gasteiger partial charge in [-0.3, -0.25) is 4.79 Å². The minimum Gasteiger partial charge on any atom is -0.422 e. The third kappa shape index (κ3) is 2.88. The van der Waals surface area contributed by atoms with Crippen LogP contribution in [0.3, 0.4) is 0 Å². The molecule has 2 rings (SSSR count). The van der Waals surface area contributed by atoms with Crippen LogP contribution in [0, 0.1) is 6.92 Å². The molecule has 1 aromatic heterocycles. The van der Waals surface area contributed by atoms with Crippen molar-refractivity contribution in [2.75, 3.05) is 6.54 Å². The summed E-state index contributed by atoms with van der Waals surface area (Å²) in [5.41, 5.74) is 5.77. The topological polar surface area (TPSA) is 85.3 Å². The maximum Gasteiger partial charge on any atom is 0.349 e. The zero-order chi connectivity index (χ0) is 14.9. The van der Waals surface area contributed by atoms with Crippen molar-refractivity contribution in [3.8, 4) is 0 Å². The molecule has 0 bridgehead atoms. The van der Waals surface area contributed by atoms with Crippen molar-refractivity contribution < 1.29 is 9.21 Å². The number of fused-ring (bicyclic) bond motifs is 1. The Morgan fingerprint density at radius 3 is 2.65 bits per heavy atom. The van der Waals surface area contributed by atoms with Gasteiger partial charge in [0.15, 0.2) is 0 Å². The number of hydrogen-bond donors (Lipinski definition) is 2. The highest BCUT2D eigenvalue weighted by Crippen LogP contribution is 2.18. The van der Waals surface area contributed by atoms with Crippen LogP contribution >= 0.6 is 0 Å². The Hall–Kier alpha value is -2.14. The Morgan fingerprint density at radius 1 is 1.35 bits per heavy atom. The van der Waals surface area contributed by atoms with E-state index >= 15 is 0 Å². The van der Waals surface area contributed by atoms with Crippen molar-refractivity contribution in [2.24, 2.45) is 5.73 Å². The Bertz CT molecular complexity index is 711. The van der Waals surface area contributed by atoms with Gasteiger partial charge in [0.1, 0.15) is 11.1 Å². The maximum absolute atomic E-state index is 12.2. The van der Waals surface area contributed by atoms with Crippen LogP contribution in [0.2, 0.25) is 0 Å². The summed E-state index contributed by atoms with van der Waals surface area (Å²) in [4.78, 5) is 24.1. The van der Waals surface area contributed by atoms with E-state index in [1.54, 1.807) is 32.9 Å². The molecule has 20 heavy (non-hydrogen) atoms. The summed E-state index contributed by atoms with van der Waals surface area (Å²) in [6, 6.07) is 7.13. The predicted molar refractivity (Wildman–Crippen MR) is 77.8 cm³/mol. The Balaban J connectivity index is 2.44. The molecule has 0 aliphatic carbocycles. The fourth-order valence-electron chi connectivity index (χ4n) is 1.96. The average Bonchev–Trinajstić information content (AvgIpc) is 2.35. The zero-order valence-electron chi connectivity index (χ0n) is 11.8. The predicted octanol–water partition coefficient (Wildman–Crippen LogP) is 1.57. The van der Waals surface area contributed by atoms with Crippen LogP contribution in [0.25, 0.3) is 11.0 Å². The van der Waals surface area contributed by atoms with Crippen LogP contribution in [-0.2, 0) is 0 Å². The molecule has 0 radical (unpaired) electrons. The van der Waals surface area contributed by atoms with Crippen molar-refractivity contribution in [1.29, 1.82) is 0 Å². The molecule has 5 heteroatoms. The maximum atomic E-state index is 12.2. The number of para-hydroxylation sites is 1. The van der Waals surface area contributed by atoms with Crippen molar-refractivity contribution in [3.05, 3.63) is 45.8 Å². The first-order valence-electron chi connectivity index (χ1n) is 6.39. The number of aryl methyl sites for hydroxylation is 1. The summed E-state index contributed by atoms with van der Waals surface area (Å²) in [5.74, 6) is -0.458. The lowest BCUT2D eigenvalue weighted by Crippen LogP contribution is -2.46. The first-order chi connectivity index (χ1) is 9.29. The molecule has 0 aliphatic heterocycles. The molecule has 0 atom stereocenters. The summed E-state index contributed by atoms with van der Waals surface area (Å²) in [6.07, 6.45) is 0. The molecule has 1 amide bonds. The largest absolute Gasteiger partial charge is 0.422 e. The van der Waals surface area contributed by atoms with E-state index < -0.39 is 17.1 Å². The van der Waals surface area contributed by atoms with Gasteiger partial charge in [0.05, 0.1) is 0 Å². The van der Waals surface area contributed by atoms with Crippen molar-refractivity contribution in [3.63, 3.8) is 0 Å². The molecular weight excluding hydrogens is 256 g/mol. The lowest BCUT2D eigenvalue weighted by molar-refractivity contribution is 0.0942. The average molecular weight is 274 g/mol. The van der Waals surface area contributed by atoms with Gasteiger partial charge in [-0.05, 0) is 32.4 Å². The number of nitrogens with one attached hydrogen (secondary N) is 1. The second-order valence-corrected chi connectivity index (χ2v) is 5.56. The monoisotopic (exact) mass is 274 g/mol. The van der Waals surface area contributed by atoms with E-state index in [9.17, 15) is 9.59 Å². The SMILES string of the molecule is Cc1c(C(=O)NCC(C)(C)N)c(=O)oc2ccccc12. The molecule has 1 heterocycles. The summed E-state index contributed by atoms with van der Waals surface area (Å²) in [5, 5.41) is 3.42. The van der Waals surface area contributed by atoms with Gasteiger partial charge in [0.2, 0.25) is 0 Å². The first-order valence-corrected chi connectivity index (χ1v) is 6.39. The third-order valence-electron chi connectivity index (χ3n) is 3.00. The lowest BCUT2D eigenvalue weighted by atomic mass is 10.0. The second-order valence-electron chi connectivity index (χ2n) is 5.56. The molecular formula is C15H18N2O3. The number of nitrogens with two attached hydrogens (primary N) is 1. The number of hydrogen-bond acceptors (Lipinski definition) is 4. The highest BCUT2D eigenvalue weighted by molar-refractivity contribution is 5.99. The summed E-state index contributed by atoms with van der Waals surface area (Å²) in [7, 11) is 0. The van der Waals surface area contributed by atoms with Crippen LogP contribution < -0.4 is 16.7 Å². The quantitative estimate of drug-likeness (QED) is 0.832. The smallest absolute Gasteiger partial charge is 0.349 e. The van der Waals surface area contributed by atoms with E-state index in [1.165, 1.54) is 0 Å². The molecule has 0 aliphatic rings. The van der Waals surface area contributed by atoms with E-state index in [0.29, 0.717) is 11.1 Å². The van der Waals surface area contributed by atoms with Crippen LogP contribution in [0.4, 0.5) is 0 Å². The Labute approximate surface area is 116 Å². The van der Waals surface area contributed by atoms with Crippen LogP contribution in [0.15, 0.2) is 33.5 Å².